The summed E-state index contributed by atoms with van der Waals surface area (Å²) >= 11 is 0. The molecule has 27 heavy (non-hydrogen) atoms. The number of piperazine rings is 1. The van der Waals surface area contributed by atoms with E-state index in [2.05, 4.69) is 27.0 Å². The molecule has 0 unspecified atom stereocenters. The fourth-order valence-corrected chi connectivity index (χ4v) is 3.64. The molecule has 148 valence electrons. The van der Waals surface area contributed by atoms with Gasteiger partial charge in [-0.05, 0) is 31.0 Å². The number of pyridine rings is 1. The van der Waals surface area contributed by atoms with Crippen molar-refractivity contribution in [1.29, 1.82) is 0 Å². The number of nitrogens with one attached hydrogen (secondary N) is 1. The number of carbonyl (C=O) groups is 2. The molecule has 0 saturated carbocycles. The first-order valence-corrected chi connectivity index (χ1v) is 10.1. The Morgan fingerprint density at radius 1 is 1.11 bits per heavy atom. The van der Waals surface area contributed by atoms with Crippen LogP contribution in [0.4, 0.5) is 5.82 Å². The summed E-state index contributed by atoms with van der Waals surface area (Å²) in [5, 5.41) is 2.91. The summed E-state index contributed by atoms with van der Waals surface area (Å²) in [5.41, 5.74) is 0.974. The van der Waals surface area contributed by atoms with E-state index in [-0.39, 0.29) is 18.4 Å². The second kappa shape index (κ2) is 9.69. The van der Waals surface area contributed by atoms with E-state index in [4.69, 9.17) is 0 Å². The molecule has 3 rings (SSSR count). The van der Waals surface area contributed by atoms with E-state index in [1.54, 1.807) is 4.90 Å². The van der Waals surface area contributed by atoms with Crippen LogP contribution < -0.4 is 10.2 Å². The third kappa shape index (κ3) is 5.66. The van der Waals surface area contributed by atoms with Crippen LogP contribution >= 0.6 is 0 Å². The maximum atomic E-state index is 12.2. The third-order valence-electron chi connectivity index (χ3n) is 5.45. The summed E-state index contributed by atoms with van der Waals surface area (Å²) in [6.45, 7) is 8.73. The number of likely N-dealkylation sites (N-methyl/N-ethyl adjacent to an activating group) is 1. The Labute approximate surface area is 161 Å². The molecule has 0 atom stereocenters. The van der Waals surface area contributed by atoms with Gasteiger partial charge in [0.1, 0.15) is 5.82 Å². The first-order valence-electron chi connectivity index (χ1n) is 10.1. The summed E-state index contributed by atoms with van der Waals surface area (Å²) in [7, 11) is 0. The molecule has 2 saturated heterocycles. The number of hydrogen-bond donors (Lipinski definition) is 1. The SMILES string of the molecule is CCN1CCN(c2ccc(CNC(=O)CN3CCCCCC3=O)cn2)CC1. The van der Waals surface area contributed by atoms with Gasteiger partial charge in [0.25, 0.3) is 0 Å². The molecule has 0 spiro atoms. The zero-order valence-corrected chi connectivity index (χ0v) is 16.3. The summed E-state index contributed by atoms with van der Waals surface area (Å²) in [6, 6.07) is 4.05. The minimum atomic E-state index is -0.106. The molecular formula is C20H31N5O2. The Bertz CT molecular complexity index is 626. The van der Waals surface area contributed by atoms with Crippen LogP contribution in [0.1, 0.15) is 38.2 Å². The Kier molecular flexibility index (Phi) is 7.04. The van der Waals surface area contributed by atoms with E-state index < -0.39 is 0 Å². The summed E-state index contributed by atoms with van der Waals surface area (Å²) in [5.74, 6) is 0.984. The van der Waals surface area contributed by atoms with Crippen LogP contribution in [-0.2, 0) is 16.1 Å². The van der Waals surface area contributed by atoms with E-state index in [1.165, 1.54) is 0 Å². The van der Waals surface area contributed by atoms with Crippen LogP contribution in [-0.4, -0.2) is 72.4 Å². The molecule has 1 N–H and O–H groups in total. The average Bonchev–Trinajstić information content (AvgIpc) is 2.91. The van der Waals surface area contributed by atoms with E-state index in [0.717, 1.165) is 63.4 Å². The van der Waals surface area contributed by atoms with Crippen molar-refractivity contribution in [2.45, 2.75) is 39.2 Å². The maximum absolute atomic E-state index is 12.2. The van der Waals surface area contributed by atoms with Crippen molar-refractivity contribution in [3.05, 3.63) is 23.9 Å². The zero-order valence-electron chi connectivity index (χ0n) is 16.3. The molecule has 3 heterocycles. The molecule has 2 aliphatic rings. The standard InChI is InChI=1S/C20H31N5O2/c1-2-23-10-12-24(13-11-23)18-8-7-17(14-21-18)15-22-19(26)16-25-9-5-3-4-6-20(25)27/h7-8,14H,2-6,9-13,15-16H2,1H3,(H,22,26). The minimum absolute atomic E-state index is 0.0943. The van der Waals surface area contributed by atoms with Gasteiger partial charge in [0.05, 0.1) is 6.54 Å². The van der Waals surface area contributed by atoms with Crippen LogP contribution in [0.15, 0.2) is 18.3 Å². The second-order valence-corrected chi connectivity index (χ2v) is 7.35. The van der Waals surface area contributed by atoms with Crippen molar-refractivity contribution >= 4 is 17.6 Å². The number of amides is 2. The van der Waals surface area contributed by atoms with Gasteiger partial charge in [-0.1, -0.05) is 19.4 Å². The quantitative estimate of drug-likeness (QED) is 0.813. The number of anilines is 1. The highest BCUT2D eigenvalue weighted by atomic mass is 16.2. The minimum Gasteiger partial charge on any atom is -0.354 e. The zero-order chi connectivity index (χ0) is 19.1. The maximum Gasteiger partial charge on any atom is 0.239 e. The molecule has 2 fully saturated rings. The normalized spacial score (nSPS) is 19.1. The number of nitrogens with zero attached hydrogens (tertiary/aromatic N) is 4. The smallest absolute Gasteiger partial charge is 0.239 e. The van der Waals surface area contributed by atoms with Crippen molar-refractivity contribution in [2.24, 2.45) is 0 Å². The number of likely N-dealkylation sites (tertiary alicyclic amines) is 1. The van der Waals surface area contributed by atoms with Crippen molar-refractivity contribution in [1.82, 2.24) is 20.1 Å². The Morgan fingerprint density at radius 2 is 1.93 bits per heavy atom. The Balaban J connectivity index is 1.44. The van der Waals surface area contributed by atoms with Gasteiger partial charge in [-0.25, -0.2) is 4.98 Å². The molecule has 2 aliphatic heterocycles. The number of rotatable bonds is 6. The van der Waals surface area contributed by atoms with Gasteiger partial charge in [-0.2, -0.15) is 0 Å². The fourth-order valence-electron chi connectivity index (χ4n) is 3.64. The highest BCUT2D eigenvalue weighted by Crippen LogP contribution is 2.14. The van der Waals surface area contributed by atoms with E-state index >= 15 is 0 Å². The second-order valence-electron chi connectivity index (χ2n) is 7.35. The molecule has 0 radical (unpaired) electrons. The summed E-state index contributed by atoms with van der Waals surface area (Å²) in [4.78, 5) is 35.1. The van der Waals surface area contributed by atoms with E-state index in [1.807, 2.05) is 18.3 Å². The van der Waals surface area contributed by atoms with E-state index in [0.29, 0.717) is 19.5 Å². The van der Waals surface area contributed by atoms with Gasteiger partial charge >= 0.3 is 0 Å². The average molecular weight is 374 g/mol. The van der Waals surface area contributed by atoms with Gasteiger partial charge in [-0.3, -0.25) is 9.59 Å². The van der Waals surface area contributed by atoms with Gasteiger partial charge in [-0.15, -0.1) is 0 Å². The molecule has 7 heteroatoms. The molecule has 1 aromatic rings. The molecule has 0 aliphatic carbocycles. The molecule has 0 aromatic carbocycles. The van der Waals surface area contributed by atoms with Crippen molar-refractivity contribution < 1.29 is 9.59 Å². The largest absolute Gasteiger partial charge is 0.354 e. The first kappa shape index (κ1) is 19.6. The third-order valence-corrected chi connectivity index (χ3v) is 5.45. The van der Waals surface area contributed by atoms with Crippen LogP contribution in [0.3, 0.4) is 0 Å². The van der Waals surface area contributed by atoms with Crippen LogP contribution in [0, 0.1) is 0 Å². The van der Waals surface area contributed by atoms with Gasteiger partial charge < -0.3 is 20.0 Å². The highest BCUT2D eigenvalue weighted by molar-refractivity contribution is 5.84. The van der Waals surface area contributed by atoms with Crippen molar-refractivity contribution in [3.63, 3.8) is 0 Å². The van der Waals surface area contributed by atoms with Crippen LogP contribution in [0.2, 0.25) is 0 Å². The lowest BCUT2D eigenvalue weighted by atomic mass is 10.2. The monoisotopic (exact) mass is 373 g/mol. The summed E-state index contributed by atoms with van der Waals surface area (Å²) < 4.78 is 0. The first-order chi connectivity index (χ1) is 13.2. The molecule has 7 nitrogen and oxygen atoms in total. The lowest BCUT2D eigenvalue weighted by Crippen LogP contribution is -2.46. The molecule has 1 aromatic heterocycles. The molecule has 0 bridgehead atoms. The predicted molar refractivity (Wildman–Crippen MR) is 105 cm³/mol. The van der Waals surface area contributed by atoms with Crippen LogP contribution in [0.5, 0.6) is 0 Å². The lowest BCUT2D eigenvalue weighted by molar-refractivity contribution is -0.135. The van der Waals surface area contributed by atoms with Crippen LogP contribution in [0.25, 0.3) is 0 Å². The highest BCUT2D eigenvalue weighted by Gasteiger charge is 2.19. The lowest BCUT2D eigenvalue weighted by Gasteiger charge is -2.34. The number of aromatic nitrogens is 1. The molecular weight excluding hydrogens is 342 g/mol. The van der Waals surface area contributed by atoms with E-state index in [9.17, 15) is 9.59 Å². The summed E-state index contributed by atoms with van der Waals surface area (Å²) in [6.07, 6.45) is 5.37. The predicted octanol–water partition coefficient (Wildman–Crippen LogP) is 1.24. The van der Waals surface area contributed by atoms with Gasteiger partial charge in [0, 0.05) is 51.9 Å². The van der Waals surface area contributed by atoms with Gasteiger partial charge in [0.2, 0.25) is 11.8 Å². The Morgan fingerprint density at radius 3 is 2.63 bits per heavy atom. The topological polar surface area (TPSA) is 68.8 Å². The number of hydrogen-bond acceptors (Lipinski definition) is 5. The van der Waals surface area contributed by atoms with Crippen molar-refractivity contribution in [2.75, 3.05) is 50.7 Å². The number of carbonyl (C=O) groups excluding carboxylic acids is 2. The Hall–Kier alpha value is -2.15. The van der Waals surface area contributed by atoms with Gasteiger partial charge in [0.15, 0.2) is 0 Å². The fraction of sp³-hybridized carbons (Fsp3) is 0.650. The molecule has 2 amide bonds. The van der Waals surface area contributed by atoms with Crippen molar-refractivity contribution in [3.8, 4) is 0 Å².